The standard InChI is InChI=1S/C24H22FNOP2/c1-3-27-17-6-4-5-15(10-17)19-12-24(29)20(13-23(19)28)22-9-14(2)18-11-16(25)7-8-21(18)26-22/h4-13H,3,28-29H2,1-2H3. The molecule has 146 valence electrons. The number of halogens is 1. The van der Waals surface area contributed by atoms with E-state index in [-0.39, 0.29) is 5.82 Å². The maximum Gasteiger partial charge on any atom is 0.123 e. The zero-order chi connectivity index (χ0) is 20.5. The van der Waals surface area contributed by atoms with Gasteiger partial charge >= 0.3 is 0 Å². The van der Waals surface area contributed by atoms with Crippen LogP contribution in [0.2, 0.25) is 0 Å². The van der Waals surface area contributed by atoms with Crippen molar-refractivity contribution in [3.05, 3.63) is 72.0 Å². The summed E-state index contributed by atoms with van der Waals surface area (Å²) in [4.78, 5) is 4.78. The smallest absolute Gasteiger partial charge is 0.123 e. The van der Waals surface area contributed by atoms with Crippen molar-refractivity contribution < 1.29 is 9.13 Å². The average molecular weight is 421 g/mol. The summed E-state index contributed by atoms with van der Waals surface area (Å²) in [5.41, 5.74) is 5.96. The summed E-state index contributed by atoms with van der Waals surface area (Å²) in [7, 11) is 5.65. The fraction of sp³-hybridized carbons (Fsp3) is 0.125. The van der Waals surface area contributed by atoms with Crippen molar-refractivity contribution in [3.8, 4) is 28.1 Å². The summed E-state index contributed by atoms with van der Waals surface area (Å²) in [6.07, 6.45) is 0. The summed E-state index contributed by atoms with van der Waals surface area (Å²) < 4.78 is 19.2. The van der Waals surface area contributed by atoms with Gasteiger partial charge in [-0.15, -0.1) is 18.5 Å². The quantitative estimate of drug-likeness (QED) is 0.411. The number of benzene rings is 3. The first-order valence-electron chi connectivity index (χ1n) is 9.45. The zero-order valence-corrected chi connectivity index (χ0v) is 18.7. The first-order chi connectivity index (χ1) is 14.0. The van der Waals surface area contributed by atoms with E-state index in [2.05, 4.69) is 42.7 Å². The van der Waals surface area contributed by atoms with Crippen molar-refractivity contribution >= 4 is 40.0 Å². The monoisotopic (exact) mass is 421 g/mol. The highest BCUT2D eigenvalue weighted by molar-refractivity contribution is 7.29. The Morgan fingerprint density at radius 3 is 2.48 bits per heavy atom. The molecule has 0 fully saturated rings. The zero-order valence-electron chi connectivity index (χ0n) is 16.4. The second kappa shape index (κ2) is 8.19. The van der Waals surface area contributed by atoms with Gasteiger partial charge in [0.2, 0.25) is 0 Å². The van der Waals surface area contributed by atoms with Crippen molar-refractivity contribution in [3.63, 3.8) is 0 Å². The Morgan fingerprint density at radius 2 is 1.69 bits per heavy atom. The second-order valence-electron chi connectivity index (χ2n) is 6.97. The molecule has 4 aromatic rings. The Labute approximate surface area is 174 Å². The fourth-order valence-electron chi connectivity index (χ4n) is 3.53. The van der Waals surface area contributed by atoms with E-state index >= 15 is 0 Å². The SMILES string of the molecule is CCOc1cccc(-c2cc(P)c(-c3cc(C)c4cc(F)ccc4n3)cc2P)c1. The number of nitrogens with zero attached hydrogens (tertiary/aromatic N) is 1. The van der Waals surface area contributed by atoms with Crippen LogP contribution in [0.25, 0.3) is 33.3 Å². The normalized spacial score (nSPS) is 11.1. The number of pyridine rings is 1. The molecule has 1 heterocycles. The number of rotatable bonds is 4. The lowest BCUT2D eigenvalue weighted by molar-refractivity contribution is 0.340. The number of hydrogen-bond acceptors (Lipinski definition) is 2. The van der Waals surface area contributed by atoms with Crippen LogP contribution in [0.5, 0.6) is 5.75 Å². The van der Waals surface area contributed by atoms with Crippen LogP contribution < -0.4 is 15.3 Å². The van der Waals surface area contributed by atoms with Crippen LogP contribution in [0.1, 0.15) is 12.5 Å². The lowest BCUT2D eigenvalue weighted by Crippen LogP contribution is -2.08. The molecule has 0 amide bonds. The molecule has 2 nitrogen and oxygen atoms in total. The van der Waals surface area contributed by atoms with Gasteiger partial charge in [0, 0.05) is 10.9 Å². The molecule has 4 rings (SSSR count). The van der Waals surface area contributed by atoms with E-state index in [4.69, 9.17) is 9.72 Å². The third-order valence-corrected chi connectivity index (χ3v) is 5.89. The van der Waals surface area contributed by atoms with Crippen LogP contribution in [0.15, 0.2) is 60.7 Å². The summed E-state index contributed by atoms with van der Waals surface area (Å²) in [5.74, 6) is 0.621. The molecule has 0 radical (unpaired) electrons. The van der Waals surface area contributed by atoms with Gasteiger partial charge in [-0.25, -0.2) is 9.37 Å². The molecule has 1 aromatic heterocycles. The van der Waals surface area contributed by atoms with E-state index in [0.717, 1.165) is 55.2 Å². The molecule has 5 heteroatoms. The van der Waals surface area contributed by atoms with Gasteiger partial charge in [0.1, 0.15) is 11.6 Å². The molecule has 0 spiro atoms. The van der Waals surface area contributed by atoms with Gasteiger partial charge in [-0.3, -0.25) is 0 Å². The van der Waals surface area contributed by atoms with Crippen LogP contribution in [0, 0.1) is 12.7 Å². The molecule has 0 aliphatic heterocycles. The topological polar surface area (TPSA) is 22.1 Å². The van der Waals surface area contributed by atoms with E-state index in [1.54, 1.807) is 12.1 Å². The van der Waals surface area contributed by atoms with Gasteiger partial charge in [-0.1, -0.05) is 12.1 Å². The number of hydrogen-bond donors (Lipinski definition) is 0. The van der Waals surface area contributed by atoms with Crippen LogP contribution in [-0.4, -0.2) is 11.6 Å². The molecular weight excluding hydrogens is 399 g/mol. The van der Waals surface area contributed by atoms with E-state index in [1.807, 2.05) is 32.0 Å². The van der Waals surface area contributed by atoms with Crippen molar-refractivity contribution in [1.82, 2.24) is 4.98 Å². The van der Waals surface area contributed by atoms with Crippen molar-refractivity contribution in [2.45, 2.75) is 13.8 Å². The van der Waals surface area contributed by atoms with E-state index in [9.17, 15) is 4.39 Å². The first-order valence-corrected chi connectivity index (χ1v) is 10.6. The third kappa shape index (κ3) is 4.04. The summed E-state index contributed by atoms with van der Waals surface area (Å²) in [6, 6.07) is 19.2. The van der Waals surface area contributed by atoms with Crippen molar-refractivity contribution in [2.75, 3.05) is 6.61 Å². The minimum absolute atomic E-state index is 0.243. The first kappa shape index (κ1) is 20.0. The predicted octanol–water partition coefficient (Wildman–Crippen LogP) is 5.42. The van der Waals surface area contributed by atoms with Gasteiger partial charge in [0.25, 0.3) is 0 Å². The molecule has 0 bridgehead atoms. The van der Waals surface area contributed by atoms with E-state index in [1.165, 1.54) is 6.07 Å². The molecule has 29 heavy (non-hydrogen) atoms. The van der Waals surface area contributed by atoms with Crippen LogP contribution in [0.3, 0.4) is 0 Å². The third-order valence-electron chi connectivity index (χ3n) is 4.93. The van der Waals surface area contributed by atoms with Gasteiger partial charge in [-0.05, 0) is 89.7 Å². The number of aromatic nitrogens is 1. The minimum atomic E-state index is -0.243. The summed E-state index contributed by atoms with van der Waals surface area (Å²) in [6.45, 7) is 4.61. The number of ether oxygens (including phenoxy) is 1. The Bertz CT molecular complexity index is 1220. The lowest BCUT2D eigenvalue weighted by Gasteiger charge is -2.14. The maximum atomic E-state index is 13.6. The van der Waals surface area contributed by atoms with Crippen LogP contribution in [-0.2, 0) is 0 Å². The molecule has 2 atom stereocenters. The largest absolute Gasteiger partial charge is 0.494 e. The summed E-state index contributed by atoms with van der Waals surface area (Å²) in [5, 5.41) is 2.98. The molecule has 0 N–H and O–H groups in total. The Kier molecular flexibility index (Phi) is 5.63. The highest BCUT2D eigenvalue weighted by Gasteiger charge is 2.12. The summed E-state index contributed by atoms with van der Waals surface area (Å²) >= 11 is 0. The molecular formula is C24H22FNOP2. The maximum absolute atomic E-state index is 13.6. The number of aryl methyl sites for hydroxylation is 1. The Balaban J connectivity index is 1.81. The highest BCUT2D eigenvalue weighted by Crippen LogP contribution is 2.29. The highest BCUT2D eigenvalue weighted by atomic mass is 31.0. The average Bonchev–Trinajstić information content (AvgIpc) is 2.70. The van der Waals surface area contributed by atoms with Crippen molar-refractivity contribution in [1.29, 1.82) is 0 Å². The van der Waals surface area contributed by atoms with E-state index < -0.39 is 0 Å². The second-order valence-corrected chi connectivity index (χ2v) is 8.22. The van der Waals surface area contributed by atoms with Crippen LogP contribution in [0.4, 0.5) is 4.39 Å². The lowest BCUT2D eigenvalue weighted by atomic mass is 10.0. The molecule has 0 saturated heterocycles. The molecule has 2 unspecified atom stereocenters. The van der Waals surface area contributed by atoms with E-state index in [0.29, 0.717) is 6.61 Å². The Morgan fingerprint density at radius 1 is 0.931 bits per heavy atom. The fourth-order valence-corrected chi connectivity index (χ4v) is 4.34. The molecule has 0 aliphatic carbocycles. The number of fused-ring (bicyclic) bond motifs is 1. The van der Waals surface area contributed by atoms with Gasteiger partial charge < -0.3 is 4.74 Å². The molecule has 0 saturated carbocycles. The van der Waals surface area contributed by atoms with Crippen LogP contribution >= 0.6 is 18.5 Å². The predicted molar refractivity (Wildman–Crippen MR) is 127 cm³/mol. The molecule has 0 aliphatic rings. The minimum Gasteiger partial charge on any atom is -0.494 e. The Hall–Kier alpha value is -2.34. The van der Waals surface area contributed by atoms with Gasteiger partial charge in [-0.2, -0.15) is 0 Å². The molecule has 3 aromatic carbocycles. The van der Waals surface area contributed by atoms with Crippen molar-refractivity contribution in [2.24, 2.45) is 0 Å². The van der Waals surface area contributed by atoms with Gasteiger partial charge in [0.05, 0.1) is 17.8 Å². The van der Waals surface area contributed by atoms with Gasteiger partial charge in [0.15, 0.2) is 0 Å².